The van der Waals surface area contributed by atoms with Crippen molar-refractivity contribution < 1.29 is 33.1 Å². The van der Waals surface area contributed by atoms with Crippen LogP contribution in [0.5, 0.6) is 5.75 Å². The first kappa shape index (κ1) is 33.1. The molecule has 0 bridgehead atoms. The van der Waals surface area contributed by atoms with E-state index in [1.54, 1.807) is 17.8 Å². The predicted molar refractivity (Wildman–Crippen MR) is 172 cm³/mol. The van der Waals surface area contributed by atoms with E-state index in [1.807, 2.05) is 0 Å². The number of benzene rings is 2. The maximum atomic E-state index is 14.9. The van der Waals surface area contributed by atoms with Gasteiger partial charge in [0.05, 0.1) is 34.6 Å². The van der Waals surface area contributed by atoms with Crippen LogP contribution in [-0.2, 0) is 10.5 Å². The molecular weight excluding hydrogens is 636 g/mol. The highest BCUT2D eigenvalue weighted by Crippen LogP contribution is 2.38. The topological polar surface area (TPSA) is 151 Å². The average Bonchev–Trinajstić information content (AvgIpc) is 3.03. The van der Waals surface area contributed by atoms with Crippen molar-refractivity contribution >= 4 is 40.1 Å². The Hall–Kier alpha value is -3.82. The number of halogens is 2. The number of nitro groups is 1. The van der Waals surface area contributed by atoms with E-state index in [9.17, 15) is 33.6 Å². The summed E-state index contributed by atoms with van der Waals surface area (Å²) < 4.78 is 40.9. The highest BCUT2D eigenvalue weighted by molar-refractivity contribution is 7.99. The molecule has 2 N–H and O–H groups in total. The molecule has 252 valence electrons. The van der Waals surface area contributed by atoms with Crippen LogP contribution in [0.2, 0.25) is 0 Å². The number of carbonyl (C=O) groups is 1. The Kier molecular flexibility index (Phi) is 10.2. The lowest BCUT2D eigenvalue weighted by Gasteiger charge is -2.44. The fourth-order valence-corrected chi connectivity index (χ4v) is 7.73. The summed E-state index contributed by atoms with van der Waals surface area (Å²) in [6, 6.07) is 5.47. The number of thioether (sulfide) groups is 1. The number of nitrogens with one attached hydrogen (secondary N) is 1. The molecule has 3 fully saturated rings. The molecule has 0 atom stereocenters. The lowest BCUT2D eigenvalue weighted by Crippen LogP contribution is -2.51. The van der Waals surface area contributed by atoms with Crippen LogP contribution in [0.1, 0.15) is 44.3 Å². The highest BCUT2D eigenvalue weighted by atomic mass is 32.2. The summed E-state index contributed by atoms with van der Waals surface area (Å²) in [5, 5.41) is 21.0. The molecule has 2 aliphatic heterocycles. The van der Waals surface area contributed by atoms with Crippen molar-refractivity contribution in [2.45, 2.75) is 55.6 Å². The quantitative estimate of drug-likeness (QED) is 0.195. The summed E-state index contributed by atoms with van der Waals surface area (Å²) in [5.41, 5.74) is -0.829. The molecule has 1 aliphatic carbocycles. The summed E-state index contributed by atoms with van der Waals surface area (Å²) in [6.07, 6.45) is 3.53. The molecule has 2 saturated heterocycles. The number of non-ortho nitro benzene ring substituents is 1. The van der Waals surface area contributed by atoms with E-state index in [-0.39, 0.29) is 28.4 Å². The Morgan fingerprint density at radius 1 is 1.13 bits per heavy atom. The number of hydrogen-bond donors (Lipinski definition) is 2. The minimum absolute atomic E-state index is 0.0759. The monoisotopic (exact) mass is 673 g/mol. The van der Waals surface area contributed by atoms with Crippen LogP contribution in [-0.4, -0.2) is 81.7 Å². The van der Waals surface area contributed by atoms with Gasteiger partial charge in [0.1, 0.15) is 22.8 Å². The molecule has 2 aromatic carbocycles. The summed E-state index contributed by atoms with van der Waals surface area (Å²) >= 11 is 1.72. The Bertz CT molecular complexity index is 1670. The smallest absolute Gasteiger partial charge is 0.412 e. The largest absolute Gasteiger partial charge is 0.493 e. The number of anilines is 1. The molecule has 1 amide bonds. The fraction of sp³-hybridized carbons (Fsp3) is 0.531. The standard InChI is InChI=1S/C32H37F2N5O7S/c33-25-13-21(39(43)44)1-2-28(25)38(32(41)42)22-11-20(12-22)16-37-7-3-19(4-8-37)17-46-23-14-26(34)30-27(15-23)35-29(36-31(30)40)18-47-24-5-9-45-10-6-24/h1-2,13-15,19-20,22,24H,3-12,16-18H2,(H,41,42)(H,35,36,40). The lowest BCUT2D eigenvalue weighted by molar-refractivity contribution is -0.385. The minimum atomic E-state index is -1.29. The Morgan fingerprint density at radius 3 is 2.55 bits per heavy atom. The number of fused-ring (bicyclic) bond motifs is 1. The number of rotatable bonds is 11. The van der Waals surface area contributed by atoms with Gasteiger partial charge in [0.25, 0.3) is 11.2 Å². The zero-order valence-corrected chi connectivity index (χ0v) is 26.6. The van der Waals surface area contributed by atoms with Gasteiger partial charge in [-0.15, -0.1) is 0 Å². The zero-order valence-electron chi connectivity index (χ0n) is 25.7. The van der Waals surface area contributed by atoms with E-state index in [1.165, 1.54) is 6.07 Å². The first-order valence-corrected chi connectivity index (χ1v) is 16.9. The van der Waals surface area contributed by atoms with Crippen LogP contribution < -0.4 is 15.2 Å². The number of H-pyrrole nitrogens is 1. The van der Waals surface area contributed by atoms with Gasteiger partial charge in [-0.2, -0.15) is 11.8 Å². The normalized spacial score (nSPS) is 21.0. The summed E-state index contributed by atoms with van der Waals surface area (Å²) in [7, 11) is 0. The number of carboxylic acid groups (broad SMARTS) is 1. The third kappa shape index (κ3) is 7.84. The summed E-state index contributed by atoms with van der Waals surface area (Å²) in [5.74, 6) is 0.300. The Balaban J connectivity index is 0.972. The Morgan fingerprint density at radius 2 is 1.87 bits per heavy atom. The average molecular weight is 674 g/mol. The summed E-state index contributed by atoms with van der Waals surface area (Å²) in [4.78, 5) is 45.4. The number of piperidine rings is 1. The summed E-state index contributed by atoms with van der Waals surface area (Å²) in [6.45, 7) is 4.35. The van der Waals surface area contributed by atoms with Crippen LogP contribution in [0, 0.1) is 33.6 Å². The van der Waals surface area contributed by atoms with Crippen LogP contribution in [0.3, 0.4) is 0 Å². The SMILES string of the molecule is O=C(O)N(c1ccc([N+](=O)[O-])cc1F)C1CC(CN2CCC(COc3cc(F)c4c(=O)[nH]c(CSC5CCOCC5)nc4c3)CC2)C1. The first-order chi connectivity index (χ1) is 22.6. The molecule has 6 rings (SSSR count). The van der Waals surface area contributed by atoms with Crippen LogP contribution in [0.25, 0.3) is 10.9 Å². The third-order valence-corrected chi connectivity index (χ3v) is 10.7. The van der Waals surface area contributed by atoms with E-state index in [4.69, 9.17) is 9.47 Å². The van der Waals surface area contributed by atoms with Gasteiger partial charge in [-0.1, -0.05) is 0 Å². The fourth-order valence-electron chi connectivity index (χ4n) is 6.67. The molecule has 1 aromatic heterocycles. The maximum Gasteiger partial charge on any atom is 0.412 e. The van der Waals surface area contributed by atoms with Crippen LogP contribution in [0.4, 0.5) is 25.0 Å². The van der Waals surface area contributed by atoms with E-state index >= 15 is 0 Å². The molecule has 1 saturated carbocycles. The molecule has 47 heavy (non-hydrogen) atoms. The van der Waals surface area contributed by atoms with Crippen molar-refractivity contribution in [3.05, 3.63) is 68.3 Å². The highest BCUT2D eigenvalue weighted by Gasteiger charge is 2.39. The molecular formula is C32H37F2N5O7S. The minimum Gasteiger partial charge on any atom is -0.493 e. The van der Waals surface area contributed by atoms with Gasteiger partial charge in [-0.05, 0) is 69.5 Å². The molecule has 12 nitrogen and oxygen atoms in total. The molecule has 3 heterocycles. The van der Waals surface area contributed by atoms with E-state index < -0.39 is 39.9 Å². The van der Waals surface area contributed by atoms with E-state index in [2.05, 4.69) is 14.9 Å². The third-order valence-electron chi connectivity index (χ3n) is 9.30. The number of aromatic amines is 1. The van der Waals surface area contributed by atoms with Gasteiger partial charge in [-0.3, -0.25) is 19.8 Å². The molecule has 3 aliphatic rings. The van der Waals surface area contributed by atoms with Gasteiger partial charge >= 0.3 is 6.09 Å². The van der Waals surface area contributed by atoms with Crippen LogP contribution >= 0.6 is 11.8 Å². The first-order valence-electron chi connectivity index (χ1n) is 15.9. The van der Waals surface area contributed by atoms with Crippen molar-refractivity contribution in [1.29, 1.82) is 0 Å². The predicted octanol–water partition coefficient (Wildman–Crippen LogP) is 5.58. The van der Waals surface area contributed by atoms with Crippen molar-refractivity contribution in [2.75, 3.05) is 44.4 Å². The number of amides is 1. The molecule has 0 radical (unpaired) electrons. The van der Waals surface area contributed by atoms with E-state index in [0.29, 0.717) is 42.0 Å². The number of ether oxygens (including phenoxy) is 2. The number of hydrogen-bond acceptors (Lipinski definition) is 9. The second kappa shape index (κ2) is 14.5. The second-order valence-electron chi connectivity index (χ2n) is 12.5. The molecule has 3 aromatic rings. The van der Waals surface area contributed by atoms with Crippen molar-refractivity contribution in [3.8, 4) is 5.75 Å². The van der Waals surface area contributed by atoms with Crippen molar-refractivity contribution in [2.24, 2.45) is 11.8 Å². The zero-order chi connectivity index (χ0) is 33.1. The molecule has 0 unspecified atom stereocenters. The van der Waals surface area contributed by atoms with E-state index in [0.717, 1.165) is 81.6 Å². The Labute approximate surface area is 273 Å². The molecule has 0 spiro atoms. The second-order valence-corrected chi connectivity index (χ2v) is 13.8. The lowest BCUT2D eigenvalue weighted by atomic mass is 9.78. The molecule has 15 heteroatoms. The van der Waals surface area contributed by atoms with Gasteiger partial charge in [0.2, 0.25) is 0 Å². The maximum absolute atomic E-state index is 14.9. The van der Waals surface area contributed by atoms with Gasteiger partial charge < -0.3 is 24.5 Å². The van der Waals surface area contributed by atoms with Gasteiger partial charge in [0.15, 0.2) is 5.82 Å². The van der Waals surface area contributed by atoms with Crippen molar-refractivity contribution in [1.82, 2.24) is 14.9 Å². The number of nitro benzene ring substituents is 1. The number of aromatic nitrogens is 2. The number of nitrogens with zero attached hydrogens (tertiary/aromatic N) is 4. The van der Waals surface area contributed by atoms with Gasteiger partial charge in [-0.25, -0.2) is 18.6 Å². The van der Waals surface area contributed by atoms with Gasteiger partial charge in [0, 0.05) is 49.2 Å². The number of likely N-dealkylation sites (tertiary alicyclic amines) is 1. The van der Waals surface area contributed by atoms with Crippen molar-refractivity contribution in [3.63, 3.8) is 0 Å². The van der Waals surface area contributed by atoms with Crippen LogP contribution in [0.15, 0.2) is 35.1 Å².